The Kier molecular flexibility index (Phi) is 8.25. The van der Waals surface area contributed by atoms with Crippen molar-refractivity contribution in [3.8, 4) is 16.9 Å². The van der Waals surface area contributed by atoms with Gasteiger partial charge in [0.2, 0.25) is 0 Å². The molecule has 1 amide bonds. The van der Waals surface area contributed by atoms with Crippen molar-refractivity contribution in [1.29, 1.82) is 0 Å². The van der Waals surface area contributed by atoms with Crippen LogP contribution in [-0.2, 0) is 0 Å². The second kappa shape index (κ2) is 11.8. The largest absolute Gasteiger partial charge is 0.493 e. The molecule has 2 aromatic rings. The van der Waals surface area contributed by atoms with E-state index >= 15 is 4.39 Å². The second-order valence-corrected chi connectivity index (χ2v) is 11.2. The van der Waals surface area contributed by atoms with Crippen LogP contribution in [0.3, 0.4) is 0 Å². The number of nitrogens with zero attached hydrogens (tertiary/aromatic N) is 2. The van der Waals surface area contributed by atoms with Crippen molar-refractivity contribution in [1.82, 2.24) is 9.80 Å². The van der Waals surface area contributed by atoms with Crippen molar-refractivity contribution in [3.63, 3.8) is 0 Å². The molecule has 0 atom stereocenters. The molecule has 1 saturated carbocycles. The molecule has 1 aliphatic carbocycles. The Morgan fingerprint density at radius 3 is 2.03 bits per heavy atom. The fourth-order valence-electron chi connectivity index (χ4n) is 6.10. The van der Waals surface area contributed by atoms with Crippen molar-refractivity contribution >= 4 is 5.91 Å². The molecule has 3 aliphatic rings. The summed E-state index contributed by atoms with van der Waals surface area (Å²) in [7, 11) is 0. The Labute approximate surface area is 215 Å². The van der Waals surface area contributed by atoms with Gasteiger partial charge in [-0.15, -0.1) is 0 Å². The monoisotopic (exact) mass is 492 g/mol. The highest BCUT2D eigenvalue weighted by Crippen LogP contribution is 2.33. The molecule has 0 unspecified atom stereocenters. The number of benzene rings is 2. The summed E-state index contributed by atoms with van der Waals surface area (Å²) in [5.74, 6) is 1.57. The van der Waals surface area contributed by atoms with E-state index in [0.29, 0.717) is 12.5 Å². The minimum absolute atomic E-state index is 0.147. The molecule has 4 nitrogen and oxygen atoms in total. The number of carbonyl (C=O) groups excluding carboxylic acids is 1. The molecule has 0 N–H and O–H groups in total. The molecule has 0 bridgehead atoms. The average Bonchev–Trinajstić information content (AvgIpc) is 2.93. The molecule has 5 heteroatoms. The van der Waals surface area contributed by atoms with Crippen LogP contribution in [-0.4, -0.2) is 60.7 Å². The van der Waals surface area contributed by atoms with Crippen LogP contribution in [0.1, 0.15) is 74.6 Å². The van der Waals surface area contributed by atoms with Gasteiger partial charge in [-0.1, -0.05) is 43.5 Å². The summed E-state index contributed by atoms with van der Waals surface area (Å²) < 4.78 is 21.1. The van der Waals surface area contributed by atoms with Crippen molar-refractivity contribution in [2.24, 2.45) is 5.92 Å². The zero-order valence-electron chi connectivity index (χ0n) is 21.6. The van der Waals surface area contributed by atoms with Crippen LogP contribution in [0.4, 0.5) is 4.39 Å². The van der Waals surface area contributed by atoms with E-state index in [1.165, 1.54) is 12.8 Å². The van der Waals surface area contributed by atoms with Crippen molar-refractivity contribution < 1.29 is 13.9 Å². The Morgan fingerprint density at radius 2 is 1.39 bits per heavy atom. The van der Waals surface area contributed by atoms with Crippen LogP contribution in [0.5, 0.6) is 5.75 Å². The number of carbonyl (C=O) groups is 1. The lowest BCUT2D eigenvalue weighted by atomic mass is 9.85. The lowest BCUT2D eigenvalue weighted by molar-refractivity contribution is 0.0363. The Morgan fingerprint density at radius 1 is 0.806 bits per heavy atom. The lowest BCUT2D eigenvalue weighted by Crippen LogP contribution is -2.45. The smallest absolute Gasteiger partial charge is 0.253 e. The number of alkyl halides is 1. The number of halogens is 1. The number of piperidine rings is 2. The highest BCUT2D eigenvalue weighted by Gasteiger charge is 2.34. The molecular formula is C31H41FN2O2. The summed E-state index contributed by atoms with van der Waals surface area (Å²) in [6.07, 6.45) is 10.4. The maximum absolute atomic E-state index is 15.0. The molecule has 2 aromatic carbocycles. The first-order valence-corrected chi connectivity index (χ1v) is 14.1. The number of hydrogen-bond donors (Lipinski definition) is 0. The van der Waals surface area contributed by atoms with Crippen LogP contribution in [0, 0.1) is 5.92 Å². The Balaban J connectivity index is 1.07. The third-order valence-electron chi connectivity index (χ3n) is 8.41. The fraction of sp³-hybridized carbons (Fsp3) is 0.581. The van der Waals surface area contributed by atoms with Gasteiger partial charge in [0, 0.05) is 25.2 Å². The molecule has 194 valence electrons. The molecule has 2 aliphatic heterocycles. The van der Waals surface area contributed by atoms with Gasteiger partial charge >= 0.3 is 0 Å². The maximum Gasteiger partial charge on any atom is 0.253 e. The van der Waals surface area contributed by atoms with Crippen LogP contribution in [0.15, 0.2) is 48.5 Å². The Bertz CT molecular complexity index is 971. The number of hydrogen-bond acceptors (Lipinski definition) is 3. The van der Waals surface area contributed by atoms with E-state index < -0.39 is 5.67 Å². The molecule has 2 heterocycles. The van der Waals surface area contributed by atoms with E-state index in [1.807, 2.05) is 41.3 Å². The molecule has 3 fully saturated rings. The van der Waals surface area contributed by atoms with E-state index in [4.69, 9.17) is 4.74 Å². The summed E-state index contributed by atoms with van der Waals surface area (Å²) in [6.45, 7) is 5.05. The van der Waals surface area contributed by atoms with Crippen molar-refractivity contribution in [2.45, 2.75) is 69.9 Å². The summed E-state index contributed by atoms with van der Waals surface area (Å²) in [6, 6.07) is 16.2. The Hall–Kier alpha value is -2.40. The quantitative estimate of drug-likeness (QED) is 0.429. The number of ether oxygens (including phenoxy) is 1. The summed E-state index contributed by atoms with van der Waals surface area (Å²) >= 11 is 0. The molecular weight excluding hydrogens is 451 g/mol. The van der Waals surface area contributed by atoms with Gasteiger partial charge in [0.05, 0.1) is 6.61 Å². The normalized spacial score (nSPS) is 21.3. The highest BCUT2D eigenvalue weighted by molar-refractivity contribution is 5.94. The van der Waals surface area contributed by atoms with Crippen LogP contribution < -0.4 is 4.74 Å². The zero-order valence-corrected chi connectivity index (χ0v) is 21.6. The summed E-state index contributed by atoms with van der Waals surface area (Å²) in [4.78, 5) is 17.0. The summed E-state index contributed by atoms with van der Waals surface area (Å²) in [5.41, 5.74) is 2.04. The summed E-state index contributed by atoms with van der Waals surface area (Å²) in [5, 5.41) is 0. The van der Waals surface area contributed by atoms with Gasteiger partial charge in [0.15, 0.2) is 0 Å². The van der Waals surface area contributed by atoms with E-state index in [1.54, 1.807) is 0 Å². The van der Waals surface area contributed by atoms with Crippen molar-refractivity contribution in [2.75, 3.05) is 39.3 Å². The third kappa shape index (κ3) is 6.47. The van der Waals surface area contributed by atoms with Gasteiger partial charge in [-0.3, -0.25) is 4.79 Å². The van der Waals surface area contributed by atoms with Crippen LogP contribution in [0.2, 0.25) is 0 Å². The first-order valence-electron chi connectivity index (χ1n) is 14.1. The average molecular weight is 493 g/mol. The molecule has 0 radical (unpaired) electrons. The first kappa shape index (κ1) is 25.3. The van der Waals surface area contributed by atoms with Gasteiger partial charge in [0.1, 0.15) is 11.4 Å². The van der Waals surface area contributed by atoms with Crippen molar-refractivity contribution in [3.05, 3.63) is 54.1 Å². The molecule has 0 aromatic heterocycles. The van der Waals surface area contributed by atoms with Gasteiger partial charge < -0.3 is 14.5 Å². The third-order valence-corrected chi connectivity index (χ3v) is 8.41. The first-order chi connectivity index (χ1) is 17.6. The zero-order chi connectivity index (χ0) is 24.8. The number of likely N-dealkylation sites (tertiary alicyclic amines) is 2. The standard InChI is InChI=1S/C31H41FN2O2/c32-31(17-3-1-4-18-31)24-33-21-15-25(16-22-33)23-36-29-13-11-27(12-14-29)26-7-9-28(10-8-26)30(35)34-19-5-2-6-20-34/h7-14,25H,1-6,15-24H2. The van der Waals surface area contributed by atoms with E-state index in [9.17, 15) is 4.79 Å². The molecule has 0 spiro atoms. The van der Waals surface area contributed by atoms with Gasteiger partial charge in [-0.05, 0) is 99.3 Å². The SMILES string of the molecule is O=C(c1ccc(-c2ccc(OCC3CCN(CC4(F)CCCCC4)CC3)cc2)cc1)N1CCCCC1. The lowest BCUT2D eigenvalue weighted by Gasteiger charge is -2.38. The number of amides is 1. The van der Waals surface area contributed by atoms with Crippen LogP contribution >= 0.6 is 0 Å². The van der Waals surface area contributed by atoms with E-state index in [2.05, 4.69) is 17.0 Å². The number of rotatable bonds is 7. The van der Waals surface area contributed by atoms with Crippen LogP contribution in [0.25, 0.3) is 11.1 Å². The highest BCUT2D eigenvalue weighted by atomic mass is 19.1. The minimum Gasteiger partial charge on any atom is -0.493 e. The van der Waals surface area contributed by atoms with E-state index in [0.717, 1.165) is 107 Å². The molecule has 36 heavy (non-hydrogen) atoms. The van der Waals surface area contributed by atoms with Gasteiger partial charge in [0.25, 0.3) is 5.91 Å². The van der Waals surface area contributed by atoms with Gasteiger partial charge in [-0.25, -0.2) is 4.39 Å². The maximum atomic E-state index is 15.0. The molecule has 5 rings (SSSR count). The van der Waals surface area contributed by atoms with E-state index in [-0.39, 0.29) is 5.91 Å². The predicted octanol–water partition coefficient (Wildman–Crippen LogP) is 6.74. The second-order valence-electron chi connectivity index (χ2n) is 11.2. The fourth-order valence-corrected chi connectivity index (χ4v) is 6.10. The van der Waals surface area contributed by atoms with Gasteiger partial charge in [-0.2, -0.15) is 0 Å². The molecule has 2 saturated heterocycles. The predicted molar refractivity (Wildman–Crippen MR) is 143 cm³/mol. The topological polar surface area (TPSA) is 32.8 Å². The minimum atomic E-state index is -0.952.